The number of hydrogen-bond acceptors (Lipinski definition) is 7. The lowest BCUT2D eigenvalue weighted by Gasteiger charge is -2.50. The third-order valence-electron chi connectivity index (χ3n) is 11.0. The first-order valence-electron chi connectivity index (χ1n) is 16.9. The standard InChI is InChI=1S/C36H47ClN4O5S/c1-24-8-7-16-36(45-4,35-38-17-19-40(35)3)31-14-11-28(31)22-41-18-6-5-9-26-20-30(37)13-10-29(26)23-46-33-15-12-27(21-32(33)41)34(42)39-47(43,44)25(24)2/h10,12-13,15,17,19-21,24-25,28,31H,5-9,11,14,16,18,22-23H2,1-4H3,(H,39,42)/t24-,25+,28-,31+,36-/m0/s1. The Hall–Kier alpha value is -3.08. The molecule has 2 bridgehead atoms. The maximum Gasteiger partial charge on any atom is 0.264 e. The molecule has 0 saturated heterocycles. The summed E-state index contributed by atoms with van der Waals surface area (Å²) >= 11 is 6.37. The van der Waals surface area contributed by atoms with Gasteiger partial charge in [-0.25, -0.2) is 18.1 Å². The second-order valence-electron chi connectivity index (χ2n) is 13.7. The van der Waals surface area contributed by atoms with Crippen molar-refractivity contribution in [3.8, 4) is 5.75 Å². The van der Waals surface area contributed by atoms with Crippen LogP contribution in [0.4, 0.5) is 5.69 Å². The zero-order valence-electron chi connectivity index (χ0n) is 27.9. The van der Waals surface area contributed by atoms with Crippen molar-refractivity contribution in [3.05, 3.63) is 76.3 Å². The predicted octanol–water partition coefficient (Wildman–Crippen LogP) is 6.63. The minimum atomic E-state index is -3.93. The summed E-state index contributed by atoms with van der Waals surface area (Å²) in [7, 11) is -0.121. The summed E-state index contributed by atoms with van der Waals surface area (Å²) in [5.74, 6) is 1.32. The van der Waals surface area contributed by atoms with Gasteiger partial charge in [-0.3, -0.25) is 4.79 Å². The molecule has 1 N–H and O–H groups in total. The number of nitrogens with zero attached hydrogens (tertiary/aromatic N) is 3. The first-order chi connectivity index (χ1) is 22.5. The number of nitrogens with one attached hydrogen (secondary N) is 1. The molecule has 1 saturated carbocycles. The van der Waals surface area contributed by atoms with Crippen LogP contribution in [0.25, 0.3) is 0 Å². The molecule has 1 fully saturated rings. The summed E-state index contributed by atoms with van der Waals surface area (Å²) in [5, 5.41) is -0.0426. The van der Waals surface area contributed by atoms with E-state index >= 15 is 0 Å². The Morgan fingerprint density at radius 3 is 2.62 bits per heavy atom. The number of rotatable bonds is 2. The highest BCUT2D eigenvalue weighted by Gasteiger charge is 2.51. The molecule has 0 radical (unpaired) electrons. The van der Waals surface area contributed by atoms with Crippen LogP contribution in [-0.4, -0.2) is 49.3 Å². The Bertz CT molecular complexity index is 1710. The van der Waals surface area contributed by atoms with Crippen molar-refractivity contribution < 1.29 is 22.7 Å². The third-order valence-corrected chi connectivity index (χ3v) is 13.2. The molecule has 1 amide bonds. The number of sulfonamides is 1. The molecule has 2 aliphatic heterocycles. The molecule has 3 heterocycles. The Kier molecular flexibility index (Phi) is 9.93. The summed E-state index contributed by atoms with van der Waals surface area (Å²) in [6.45, 7) is 5.51. The minimum absolute atomic E-state index is 0.171. The van der Waals surface area contributed by atoms with Crippen LogP contribution in [0.15, 0.2) is 48.8 Å². The van der Waals surface area contributed by atoms with Gasteiger partial charge in [0, 0.05) is 50.2 Å². The van der Waals surface area contributed by atoms with E-state index in [0.717, 1.165) is 75.1 Å². The van der Waals surface area contributed by atoms with E-state index < -0.39 is 26.8 Å². The maximum absolute atomic E-state index is 13.5. The number of halogens is 1. The fourth-order valence-corrected chi connectivity index (χ4v) is 9.36. The average Bonchev–Trinajstić information content (AvgIpc) is 3.46. The number of imidazole rings is 1. The van der Waals surface area contributed by atoms with Gasteiger partial charge in [0.1, 0.15) is 23.8 Å². The normalized spacial score (nSPS) is 28.4. The van der Waals surface area contributed by atoms with E-state index in [4.69, 9.17) is 26.1 Å². The number of ether oxygens (including phenoxy) is 2. The zero-order chi connectivity index (χ0) is 33.3. The first-order valence-corrected chi connectivity index (χ1v) is 18.8. The predicted molar refractivity (Wildman–Crippen MR) is 184 cm³/mol. The van der Waals surface area contributed by atoms with Crippen molar-refractivity contribution in [1.29, 1.82) is 0 Å². The van der Waals surface area contributed by atoms with E-state index in [0.29, 0.717) is 35.3 Å². The molecule has 11 heteroatoms. The van der Waals surface area contributed by atoms with E-state index in [9.17, 15) is 13.2 Å². The quantitative estimate of drug-likeness (QED) is 0.324. The molecule has 254 valence electrons. The molecule has 1 aliphatic carbocycles. The van der Waals surface area contributed by atoms with Crippen LogP contribution in [0.2, 0.25) is 5.02 Å². The number of methoxy groups -OCH3 is 1. The largest absolute Gasteiger partial charge is 0.487 e. The number of carbonyl (C=O) groups excluding carboxylic acids is 1. The Morgan fingerprint density at radius 1 is 1.06 bits per heavy atom. The summed E-state index contributed by atoms with van der Waals surface area (Å²) in [6, 6.07) is 11.2. The van der Waals surface area contributed by atoms with Crippen LogP contribution in [0.3, 0.4) is 0 Å². The molecule has 9 nitrogen and oxygen atoms in total. The Labute approximate surface area is 284 Å². The molecular formula is C36H47ClN4O5S. The van der Waals surface area contributed by atoms with Crippen molar-refractivity contribution in [3.63, 3.8) is 0 Å². The van der Waals surface area contributed by atoms with Crippen LogP contribution >= 0.6 is 11.6 Å². The van der Waals surface area contributed by atoms with Gasteiger partial charge in [0.15, 0.2) is 0 Å². The molecule has 2 aromatic carbocycles. The van der Waals surface area contributed by atoms with Gasteiger partial charge in [-0.15, -0.1) is 0 Å². The van der Waals surface area contributed by atoms with Gasteiger partial charge in [0.05, 0.1) is 10.9 Å². The van der Waals surface area contributed by atoms with E-state index in [-0.39, 0.29) is 11.8 Å². The summed E-state index contributed by atoms with van der Waals surface area (Å²) in [4.78, 5) is 20.7. The van der Waals surface area contributed by atoms with Crippen molar-refractivity contribution in [2.75, 3.05) is 25.1 Å². The fraction of sp³-hybridized carbons (Fsp3) is 0.556. The number of amides is 1. The molecular weight excluding hydrogens is 636 g/mol. The van der Waals surface area contributed by atoms with E-state index in [1.165, 1.54) is 5.56 Å². The van der Waals surface area contributed by atoms with Gasteiger partial charge in [-0.1, -0.05) is 24.6 Å². The number of fused-ring (bicyclic) bond motifs is 3. The van der Waals surface area contributed by atoms with Gasteiger partial charge in [0.25, 0.3) is 5.91 Å². The number of aryl methyl sites for hydroxylation is 2. The number of anilines is 1. The Morgan fingerprint density at radius 2 is 1.89 bits per heavy atom. The lowest BCUT2D eigenvalue weighted by Crippen LogP contribution is -2.51. The van der Waals surface area contributed by atoms with Gasteiger partial charge in [0.2, 0.25) is 10.0 Å². The molecule has 1 aromatic heterocycles. The molecule has 5 atom stereocenters. The zero-order valence-corrected chi connectivity index (χ0v) is 29.4. The van der Waals surface area contributed by atoms with Crippen LogP contribution in [0.1, 0.15) is 86.1 Å². The van der Waals surface area contributed by atoms with Crippen LogP contribution in [-0.2, 0) is 40.4 Å². The van der Waals surface area contributed by atoms with Crippen molar-refractivity contribution >= 4 is 33.2 Å². The monoisotopic (exact) mass is 682 g/mol. The molecule has 6 rings (SSSR count). The van der Waals surface area contributed by atoms with Gasteiger partial charge in [-0.05, 0) is 118 Å². The lowest BCUT2D eigenvalue weighted by molar-refractivity contribution is -0.129. The van der Waals surface area contributed by atoms with Crippen LogP contribution < -0.4 is 14.4 Å². The molecule has 3 aliphatic rings. The van der Waals surface area contributed by atoms with Gasteiger partial charge in [-0.2, -0.15) is 0 Å². The number of aromatic nitrogens is 2. The smallest absolute Gasteiger partial charge is 0.264 e. The molecule has 0 unspecified atom stereocenters. The van der Waals surface area contributed by atoms with E-state index in [1.807, 2.05) is 44.6 Å². The summed E-state index contributed by atoms with van der Waals surface area (Å²) < 4.78 is 44.4. The number of hydrogen-bond donors (Lipinski definition) is 1. The second-order valence-corrected chi connectivity index (χ2v) is 16.2. The number of carbonyl (C=O) groups is 1. The second kappa shape index (κ2) is 13.8. The van der Waals surface area contributed by atoms with Crippen molar-refractivity contribution in [1.82, 2.24) is 14.3 Å². The highest BCUT2D eigenvalue weighted by atomic mass is 35.5. The molecule has 0 spiro atoms. The summed E-state index contributed by atoms with van der Waals surface area (Å²) in [6.07, 6.45) is 10.8. The van der Waals surface area contributed by atoms with Crippen LogP contribution in [0, 0.1) is 17.8 Å². The summed E-state index contributed by atoms with van der Waals surface area (Å²) in [5.41, 5.74) is 2.75. The van der Waals surface area contributed by atoms with E-state index in [1.54, 1.807) is 32.2 Å². The first kappa shape index (κ1) is 33.8. The maximum atomic E-state index is 13.5. The highest BCUT2D eigenvalue weighted by molar-refractivity contribution is 7.90. The average molecular weight is 683 g/mol. The third kappa shape index (κ3) is 6.78. The molecule has 3 aromatic rings. The highest BCUT2D eigenvalue weighted by Crippen LogP contribution is 2.52. The lowest BCUT2D eigenvalue weighted by atomic mass is 9.62. The van der Waals surface area contributed by atoms with Crippen molar-refractivity contribution in [2.45, 2.75) is 82.7 Å². The van der Waals surface area contributed by atoms with Gasteiger partial charge >= 0.3 is 0 Å². The topological polar surface area (TPSA) is 103 Å². The SMILES string of the molecule is CO[C@@]1(c2nccn2C)CCC[C@H](C)[C@@H](C)S(=O)(=O)NC(=O)c2ccc3c(c2)N(CCCCc2cc(Cl)ccc2CO3)C[C@@H]2CC[C@H]21. The fourth-order valence-electron chi connectivity index (χ4n) is 7.85. The van der Waals surface area contributed by atoms with Gasteiger partial charge < -0.3 is 18.9 Å². The molecule has 47 heavy (non-hydrogen) atoms. The van der Waals surface area contributed by atoms with E-state index in [2.05, 4.69) is 14.2 Å². The van der Waals surface area contributed by atoms with Crippen molar-refractivity contribution in [2.24, 2.45) is 24.8 Å². The van der Waals surface area contributed by atoms with Crippen LogP contribution in [0.5, 0.6) is 5.75 Å². The Balaban J connectivity index is 1.43. The minimum Gasteiger partial charge on any atom is -0.487 e. The number of benzene rings is 2.